The Morgan fingerprint density at radius 1 is 1.08 bits per heavy atom. The Morgan fingerprint density at radius 3 is 2.36 bits per heavy atom. The van der Waals surface area contributed by atoms with E-state index in [1.807, 2.05) is 23.1 Å². The van der Waals surface area contributed by atoms with Crippen LogP contribution in [0.2, 0.25) is 0 Å². The SMILES string of the molecule is CC(=O)N1CCN(C(=O)CN2C[C@@H](c3ccccc3)OC[C@H]2C)CC1. The van der Waals surface area contributed by atoms with E-state index in [-0.39, 0.29) is 24.0 Å². The smallest absolute Gasteiger partial charge is 0.236 e. The minimum Gasteiger partial charge on any atom is -0.371 e. The molecule has 0 saturated carbocycles. The summed E-state index contributed by atoms with van der Waals surface area (Å²) >= 11 is 0. The highest BCUT2D eigenvalue weighted by Crippen LogP contribution is 2.24. The van der Waals surface area contributed by atoms with Gasteiger partial charge in [0.2, 0.25) is 11.8 Å². The first-order valence-electron chi connectivity index (χ1n) is 8.98. The van der Waals surface area contributed by atoms with Crippen LogP contribution in [0.5, 0.6) is 0 Å². The second-order valence-electron chi connectivity index (χ2n) is 6.90. The Labute approximate surface area is 149 Å². The maximum atomic E-state index is 12.7. The average molecular weight is 345 g/mol. The molecule has 136 valence electrons. The third-order valence-electron chi connectivity index (χ3n) is 5.15. The number of benzene rings is 1. The molecule has 0 aliphatic carbocycles. The topological polar surface area (TPSA) is 53.1 Å². The number of morpholine rings is 1. The Morgan fingerprint density at radius 2 is 1.72 bits per heavy atom. The van der Waals surface area contributed by atoms with E-state index in [1.165, 1.54) is 0 Å². The largest absolute Gasteiger partial charge is 0.371 e. The van der Waals surface area contributed by atoms with Crippen molar-refractivity contribution >= 4 is 11.8 Å². The minimum atomic E-state index is 0.0137. The number of hydrogen-bond acceptors (Lipinski definition) is 4. The first-order chi connectivity index (χ1) is 12.0. The summed E-state index contributed by atoms with van der Waals surface area (Å²) in [7, 11) is 0. The summed E-state index contributed by atoms with van der Waals surface area (Å²) in [6.07, 6.45) is 0.0137. The highest BCUT2D eigenvalue weighted by Gasteiger charge is 2.30. The van der Waals surface area contributed by atoms with Gasteiger partial charge in [0, 0.05) is 45.7 Å². The lowest BCUT2D eigenvalue weighted by atomic mass is 10.1. The molecule has 0 aromatic heterocycles. The fourth-order valence-corrected chi connectivity index (χ4v) is 3.44. The van der Waals surface area contributed by atoms with Crippen molar-refractivity contribution in [1.29, 1.82) is 0 Å². The van der Waals surface area contributed by atoms with E-state index in [1.54, 1.807) is 11.8 Å². The van der Waals surface area contributed by atoms with Gasteiger partial charge in [-0.2, -0.15) is 0 Å². The van der Waals surface area contributed by atoms with Crippen LogP contribution in [0.4, 0.5) is 0 Å². The summed E-state index contributed by atoms with van der Waals surface area (Å²) in [5, 5.41) is 0. The molecule has 0 radical (unpaired) electrons. The van der Waals surface area contributed by atoms with Crippen molar-refractivity contribution in [2.75, 3.05) is 45.9 Å². The van der Waals surface area contributed by atoms with E-state index >= 15 is 0 Å². The Bertz CT molecular complexity index is 599. The molecule has 3 rings (SSSR count). The molecule has 2 atom stereocenters. The van der Waals surface area contributed by atoms with E-state index in [0.29, 0.717) is 39.3 Å². The number of carbonyl (C=O) groups excluding carboxylic acids is 2. The van der Waals surface area contributed by atoms with Crippen LogP contribution in [0.1, 0.15) is 25.5 Å². The summed E-state index contributed by atoms with van der Waals surface area (Å²) in [5.74, 6) is 0.225. The van der Waals surface area contributed by atoms with Gasteiger partial charge in [-0.1, -0.05) is 30.3 Å². The average Bonchev–Trinajstić information content (AvgIpc) is 2.64. The molecule has 2 aliphatic heterocycles. The van der Waals surface area contributed by atoms with Crippen molar-refractivity contribution in [3.8, 4) is 0 Å². The number of piperazine rings is 1. The summed E-state index contributed by atoms with van der Waals surface area (Å²) in [4.78, 5) is 30.0. The third-order valence-corrected chi connectivity index (χ3v) is 5.15. The van der Waals surface area contributed by atoms with Gasteiger partial charge >= 0.3 is 0 Å². The molecule has 0 bridgehead atoms. The lowest BCUT2D eigenvalue weighted by Gasteiger charge is -2.40. The highest BCUT2D eigenvalue weighted by atomic mass is 16.5. The van der Waals surface area contributed by atoms with Gasteiger partial charge in [0.15, 0.2) is 0 Å². The quantitative estimate of drug-likeness (QED) is 0.824. The van der Waals surface area contributed by atoms with E-state index in [4.69, 9.17) is 4.74 Å². The first kappa shape index (κ1) is 17.9. The Hall–Kier alpha value is -1.92. The molecule has 6 heteroatoms. The molecular formula is C19H27N3O3. The van der Waals surface area contributed by atoms with Crippen molar-refractivity contribution < 1.29 is 14.3 Å². The summed E-state index contributed by atoms with van der Waals surface area (Å²) < 4.78 is 5.96. The molecule has 0 N–H and O–H groups in total. The van der Waals surface area contributed by atoms with Crippen LogP contribution < -0.4 is 0 Å². The maximum Gasteiger partial charge on any atom is 0.236 e. The molecule has 0 unspecified atom stereocenters. The van der Waals surface area contributed by atoms with Crippen LogP contribution in [-0.2, 0) is 14.3 Å². The Balaban J connectivity index is 1.56. The van der Waals surface area contributed by atoms with Crippen molar-refractivity contribution in [2.45, 2.75) is 26.0 Å². The molecular weight excluding hydrogens is 318 g/mol. The van der Waals surface area contributed by atoms with Gasteiger partial charge in [-0.05, 0) is 12.5 Å². The molecule has 2 heterocycles. The minimum absolute atomic E-state index is 0.0137. The standard InChI is InChI=1S/C19H27N3O3/c1-15-14-25-18(17-6-4-3-5-7-17)12-22(15)13-19(24)21-10-8-20(9-11-21)16(2)23/h3-7,15,18H,8-14H2,1-2H3/t15-,18+/m1/s1. The lowest BCUT2D eigenvalue weighted by molar-refractivity contribution is -0.141. The second kappa shape index (κ2) is 7.97. The van der Waals surface area contributed by atoms with Crippen molar-refractivity contribution in [3.05, 3.63) is 35.9 Å². The van der Waals surface area contributed by atoms with Crippen LogP contribution in [0.3, 0.4) is 0 Å². The van der Waals surface area contributed by atoms with Gasteiger partial charge in [0.1, 0.15) is 0 Å². The second-order valence-corrected chi connectivity index (χ2v) is 6.90. The molecule has 1 aromatic carbocycles. The van der Waals surface area contributed by atoms with Gasteiger partial charge in [-0.15, -0.1) is 0 Å². The number of hydrogen-bond donors (Lipinski definition) is 0. The summed E-state index contributed by atoms with van der Waals surface area (Å²) in [6, 6.07) is 10.4. The van der Waals surface area contributed by atoms with Gasteiger partial charge in [-0.25, -0.2) is 0 Å². The van der Waals surface area contributed by atoms with Gasteiger partial charge < -0.3 is 14.5 Å². The number of ether oxygens (including phenoxy) is 1. The van der Waals surface area contributed by atoms with Crippen molar-refractivity contribution in [3.63, 3.8) is 0 Å². The zero-order valence-electron chi connectivity index (χ0n) is 15.1. The summed E-state index contributed by atoms with van der Waals surface area (Å²) in [6.45, 7) is 7.96. The lowest BCUT2D eigenvalue weighted by Crippen LogP contribution is -2.54. The molecule has 25 heavy (non-hydrogen) atoms. The maximum absolute atomic E-state index is 12.7. The van der Waals surface area contributed by atoms with E-state index in [0.717, 1.165) is 12.1 Å². The molecule has 6 nitrogen and oxygen atoms in total. The molecule has 2 aliphatic rings. The molecule has 0 spiro atoms. The normalized spacial score (nSPS) is 25.0. The van der Waals surface area contributed by atoms with Crippen molar-refractivity contribution in [1.82, 2.24) is 14.7 Å². The van der Waals surface area contributed by atoms with Gasteiger partial charge in [0.25, 0.3) is 0 Å². The monoisotopic (exact) mass is 345 g/mol. The number of amides is 2. The van der Waals surface area contributed by atoms with Gasteiger partial charge in [-0.3, -0.25) is 14.5 Å². The van der Waals surface area contributed by atoms with Crippen LogP contribution in [0.15, 0.2) is 30.3 Å². The van der Waals surface area contributed by atoms with E-state index in [9.17, 15) is 9.59 Å². The predicted octanol–water partition coefficient (Wildman–Crippen LogP) is 1.14. The van der Waals surface area contributed by atoms with Crippen molar-refractivity contribution in [2.24, 2.45) is 0 Å². The molecule has 2 amide bonds. The number of carbonyl (C=O) groups is 2. The number of rotatable bonds is 3. The molecule has 1 aromatic rings. The predicted molar refractivity (Wildman–Crippen MR) is 95.0 cm³/mol. The highest BCUT2D eigenvalue weighted by molar-refractivity contribution is 5.79. The first-order valence-corrected chi connectivity index (χ1v) is 8.98. The fourth-order valence-electron chi connectivity index (χ4n) is 3.44. The van der Waals surface area contributed by atoms with Crippen LogP contribution in [-0.4, -0.2) is 78.4 Å². The Kier molecular flexibility index (Phi) is 5.71. The van der Waals surface area contributed by atoms with E-state index < -0.39 is 0 Å². The van der Waals surface area contributed by atoms with Crippen LogP contribution >= 0.6 is 0 Å². The fraction of sp³-hybridized carbons (Fsp3) is 0.579. The van der Waals surface area contributed by atoms with E-state index in [2.05, 4.69) is 24.0 Å². The molecule has 2 saturated heterocycles. The van der Waals surface area contributed by atoms with Crippen LogP contribution in [0, 0.1) is 0 Å². The third kappa shape index (κ3) is 4.38. The summed E-state index contributed by atoms with van der Waals surface area (Å²) in [5.41, 5.74) is 1.15. The van der Waals surface area contributed by atoms with Gasteiger partial charge in [0.05, 0.1) is 19.3 Å². The zero-order chi connectivity index (χ0) is 17.8. The van der Waals surface area contributed by atoms with Crippen LogP contribution in [0.25, 0.3) is 0 Å². The number of nitrogens with zero attached hydrogens (tertiary/aromatic N) is 3. The zero-order valence-corrected chi connectivity index (χ0v) is 15.1. The molecule has 2 fully saturated rings.